The summed E-state index contributed by atoms with van der Waals surface area (Å²) in [6.07, 6.45) is 0. The van der Waals surface area contributed by atoms with Gasteiger partial charge in [-0.1, -0.05) is 0 Å². The summed E-state index contributed by atoms with van der Waals surface area (Å²) >= 11 is 0. The molecule has 0 spiro atoms. The molecule has 0 unspecified atom stereocenters. The zero-order chi connectivity index (χ0) is 11.1. The molecular weight excluding hydrogens is 196 g/mol. The Morgan fingerprint density at radius 3 is 2.93 bits per heavy atom. The van der Waals surface area contributed by atoms with Gasteiger partial charge in [-0.15, -0.1) is 5.10 Å². The molecule has 0 aliphatic carbocycles. The average molecular weight is 210 g/mol. The molecule has 0 aliphatic rings. The van der Waals surface area contributed by atoms with E-state index in [-0.39, 0.29) is 6.61 Å². The molecule has 1 aromatic rings. The second-order valence-electron chi connectivity index (χ2n) is 3.01. The molecule has 6 heteroatoms. The molecule has 0 saturated carbocycles. The van der Waals surface area contributed by atoms with Crippen LogP contribution in [0.1, 0.15) is 5.69 Å². The van der Waals surface area contributed by atoms with Crippen molar-refractivity contribution < 1.29 is 9.53 Å². The summed E-state index contributed by atoms with van der Waals surface area (Å²) in [5.41, 5.74) is 5.76. The van der Waals surface area contributed by atoms with E-state index < -0.39 is 5.91 Å². The highest BCUT2D eigenvalue weighted by Gasteiger charge is 1.95. The first kappa shape index (κ1) is 11.4. The number of rotatable bonds is 6. The van der Waals surface area contributed by atoms with Crippen LogP contribution in [0.25, 0.3) is 0 Å². The van der Waals surface area contributed by atoms with Gasteiger partial charge in [0.25, 0.3) is 0 Å². The number of hydrogen-bond donors (Lipinski definition) is 2. The maximum atomic E-state index is 10.3. The number of carbonyl (C=O) groups is 1. The van der Waals surface area contributed by atoms with Crippen molar-refractivity contribution in [3.8, 4) is 0 Å². The number of primary amides is 1. The van der Waals surface area contributed by atoms with Crippen molar-refractivity contribution in [2.24, 2.45) is 5.73 Å². The Kier molecular flexibility index (Phi) is 4.49. The number of amides is 1. The van der Waals surface area contributed by atoms with E-state index in [1.54, 1.807) is 0 Å². The molecule has 6 nitrogen and oxygen atoms in total. The number of anilines is 1. The molecule has 82 valence electrons. The Bertz CT molecular complexity index is 312. The molecule has 0 bridgehead atoms. The molecule has 15 heavy (non-hydrogen) atoms. The monoisotopic (exact) mass is 210 g/mol. The Morgan fingerprint density at radius 1 is 1.53 bits per heavy atom. The SMILES string of the molecule is Cc1ccc(NCCOCC(N)=O)nn1. The largest absolute Gasteiger partial charge is 0.370 e. The summed E-state index contributed by atoms with van der Waals surface area (Å²) in [5, 5.41) is 10.8. The van der Waals surface area contributed by atoms with Crippen LogP contribution in [0.5, 0.6) is 0 Å². The van der Waals surface area contributed by atoms with Gasteiger partial charge in [0.15, 0.2) is 0 Å². The molecule has 0 atom stereocenters. The zero-order valence-electron chi connectivity index (χ0n) is 8.56. The third-order valence-electron chi connectivity index (χ3n) is 1.59. The predicted molar refractivity (Wildman–Crippen MR) is 55.3 cm³/mol. The van der Waals surface area contributed by atoms with Gasteiger partial charge in [-0.25, -0.2) is 0 Å². The summed E-state index contributed by atoms with van der Waals surface area (Å²) in [7, 11) is 0. The summed E-state index contributed by atoms with van der Waals surface area (Å²) in [6, 6.07) is 3.69. The lowest BCUT2D eigenvalue weighted by molar-refractivity contribution is -0.122. The lowest BCUT2D eigenvalue weighted by Crippen LogP contribution is -2.20. The molecule has 0 saturated heterocycles. The van der Waals surface area contributed by atoms with Crippen LogP contribution in [0.15, 0.2) is 12.1 Å². The van der Waals surface area contributed by atoms with E-state index in [2.05, 4.69) is 15.5 Å². The molecule has 0 aromatic carbocycles. The van der Waals surface area contributed by atoms with E-state index in [0.29, 0.717) is 19.0 Å². The van der Waals surface area contributed by atoms with Gasteiger partial charge >= 0.3 is 0 Å². The van der Waals surface area contributed by atoms with Gasteiger partial charge < -0.3 is 15.8 Å². The zero-order valence-corrected chi connectivity index (χ0v) is 8.56. The number of nitrogens with one attached hydrogen (secondary N) is 1. The number of nitrogens with zero attached hydrogens (tertiary/aromatic N) is 2. The van der Waals surface area contributed by atoms with Crippen LogP contribution in [0.4, 0.5) is 5.82 Å². The van der Waals surface area contributed by atoms with E-state index in [4.69, 9.17) is 10.5 Å². The van der Waals surface area contributed by atoms with Crippen LogP contribution >= 0.6 is 0 Å². The quantitative estimate of drug-likeness (QED) is 0.629. The van der Waals surface area contributed by atoms with Crippen LogP contribution in [-0.2, 0) is 9.53 Å². The number of aryl methyl sites for hydroxylation is 1. The first-order chi connectivity index (χ1) is 7.18. The van der Waals surface area contributed by atoms with E-state index in [0.717, 1.165) is 5.69 Å². The number of aromatic nitrogens is 2. The molecule has 1 heterocycles. The molecule has 1 amide bonds. The highest BCUT2D eigenvalue weighted by atomic mass is 16.5. The van der Waals surface area contributed by atoms with Crippen molar-refractivity contribution in [1.29, 1.82) is 0 Å². The molecule has 1 aromatic heterocycles. The van der Waals surface area contributed by atoms with Gasteiger partial charge in [0.1, 0.15) is 12.4 Å². The van der Waals surface area contributed by atoms with E-state index in [1.807, 2.05) is 19.1 Å². The summed E-state index contributed by atoms with van der Waals surface area (Å²) < 4.78 is 4.96. The smallest absolute Gasteiger partial charge is 0.243 e. The van der Waals surface area contributed by atoms with Crippen molar-refractivity contribution in [3.05, 3.63) is 17.8 Å². The Hall–Kier alpha value is -1.69. The third-order valence-corrected chi connectivity index (χ3v) is 1.59. The molecule has 1 rings (SSSR count). The number of ether oxygens (including phenoxy) is 1. The summed E-state index contributed by atoms with van der Waals surface area (Å²) in [5.74, 6) is 0.216. The van der Waals surface area contributed by atoms with E-state index in [1.165, 1.54) is 0 Å². The second kappa shape index (κ2) is 5.92. The van der Waals surface area contributed by atoms with Crippen molar-refractivity contribution in [1.82, 2.24) is 10.2 Å². The van der Waals surface area contributed by atoms with Gasteiger partial charge in [0.05, 0.1) is 12.3 Å². The minimum absolute atomic E-state index is 0.0543. The van der Waals surface area contributed by atoms with Gasteiger partial charge in [-0.05, 0) is 19.1 Å². The minimum atomic E-state index is -0.467. The van der Waals surface area contributed by atoms with E-state index >= 15 is 0 Å². The number of carbonyl (C=O) groups excluding carboxylic acids is 1. The lowest BCUT2D eigenvalue weighted by atomic mass is 10.4. The predicted octanol–water partition coefficient (Wildman–Crippen LogP) is -0.301. The fourth-order valence-corrected chi connectivity index (χ4v) is 0.917. The van der Waals surface area contributed by atoms with Crippen LogP contribution in [-0.4, -0.2) is 35.9 Å². The topological polar surface area (TPSA) is 90.1 Å². The van der Waals surface area contributed by atoms with Gasteiger partial charge in [-0.2, -0.15) is 5.10 Å². The third kappa shape index (κ3) is 4.92. The Morgan fingerprint density at radius 2 is 2.33 bits per heavy atom. The maximum Gasteiger partial charge on any atom is 0.243 e. The molecule has 3 N–H and O–H groups in total. The first-order valence-corrected chi connectivity index (χ1v) is 4.59. The van der Waals surface area contributed by atoms with E-state index in [9.17, 15) is 4.79 Å². The highest BCUT2D eigenvalue weighted by molar-refractivity contribution is 5.74. The van der Waals surface area contributed by atoms with Gasteiger partial charge in [0.2, 0.25) is 5.91 Å². The van der Waals surface area contributed by atoms with Crippen molar-refractivity contribution >= 4 is 11.7 Å². The Balaban J connectivity index is 2.15. The fraction of sp³-hybridized carbons (Fsp3) is 0.444. The van der Waals surface area contributed by atoms with Crippen LogP contribution in [0, 0.1) is 6.92 Å². The van der Waals surface area contributed by atoms with Crippen LogP contribution in [0.3, 0.4) is 0 Å². The second-order valence-corrected chi connectivity index (χ2v) is 3.01. The molecule has 0 radical (unpaired) electrons. The average Bonchev–Trinajstić information content (AvgIpc) is 2.20. The summed E-state index contributed by atoms with van der Waals surface area (Å²) in [4.78, 5) is 10.3. The fourth-order valence-electron chi connectivity index (χ4n) is 0.917. The lowest BCUT2D eigenvalue weighted by Gasteiger charge is -2.04. The van der Waals surface area contributed by atoms with Crippen LogP contribution in [0.2, 0.25) is 0 Å². The standard InChI is InChI=1S/C9H14N4O2/c1-7-2-3-9(13-12-7)11-4-5-15-6-8(10)14/h2-3H,4-6H2,1H3,(H2,10,14)(H,11,13). The Labute approximate surface area is 87.8 Å². The highest BCUT2D eigenvalue weighted by Crippen LogP contribution is 1.99. The molecular formula is C9H14N4O2. The van der Waals surface area contributed by atoms with Crippen LogP contribution < -0.4 is 11.1 Å². The normalized spacial score (nSPS) is 9.93. The maximum absolute atomic E-state index is 10.3. The van der Waals surface area contributed by atoms with Gasteiger partial charge in [0, 0.05) is 6.54 Å². The number of nitrogens with two attached hydrogens (primary N) is 1. The van der Waals surface area contributed by atoms with Crippen molar-refractivity contribution in [2.45, 2.75) is 6.92 Å². The molecule has 0 aliphatic heterocycles. The summed E-state index contributed by atoms with van der Waals surface area (Å²) in [6.45, 7) is 2.78. The first-order valence-electron chi connectivity index (χ1n) is 4.59. The minimum Gasteiger partial charge on any atom is -0.370 e. The van der Waals surface area contributed by atoms with Gasteiger partial charge in [-0.3, -0.25) is 4.79 Å². The number of hydrogen-bond acceptors (Lipinski definition) is 5. The van der Waals surface area contributed by atoms with Crippen molar-refractivity contribution in [2.75, 3.05) is 25.1 Å². The molecule has 0 fully saturated rings. The van der Waals surface area contributed by atoms with Crippen molar-refractivity contribution in [3.63, 3.8) is 0 Å².